The van der Waals surface area contributed by atoms with E-state index < -0.39 is 0 Å². The predicted octanol–water partition coefficient (Wildman–Crippen LogP) is 5.32. The van der Waals surface area contributed by atoms with Crippen LogP contribution in [-0.2, 0) is 0 Å². The number of halogens is 2. The zero-order valence-corrected chi connectivity index (χ0v) is 11.7. The first-order valence-corrected chi connectivity index (χ1v) is 6.72. The highest BCUT2D eigenvalue weighted by molar-refractivity contribution is 9.10. The van der Waals surface area contributed by atoms with Crippen LogP contribution in [0.4, 0.5) is 0 Å². The molecule has 0 aliphatic rings. The van der Waals surface area contributed by atoms with E-state index in [2.05, 4.69) is 20.9 Å². The first kappa shape index (κ1) is 11.7. The van der Waals surface area contributed by atoms with Gasteiger partial charge in [-0.3, -0.25) is 0 Å². The van der Waals surface area contributed by atoms with Crippen LogP contribution in [0.5, 0.6) is 0 Å². The quantitative estimate of drug-likeness (QED) is 0.592. The van der Waals surface area contributed by atoms with Gasteiger partial charge in [0.25, 0.3) is 0 Å². The molecule has 0 amide bonds. The second kappa shape index (κ2) is 4.71. The van der Waals surface area contributed by atoms with E-state index in [0.29, 0.717) is 0 Å². The topological polar surface area (TPSA) is 12.9 Å². The SMILES string of the molecule is Clc1cc(-c2ccccc2)nc2ccc(Br)cc12. The van der Waals surface area contributed by atoms with Crippen molar-refractivity contribution in [3.63, 3.8) is 0 Å². The van der Waals surface area contributed by atoms with Gasteiger partial charge in [-0.05, 0) is 24.3 Å². The summed E-state index contributed by atoms with van der Waals surface area (Å²) in [4.78, 5) is 4.64. The molecule has 18 heavy (non-hydrogen) atoms. The third kappa shape index (κ3) is 2.14. The Morgan fingerprint density at radius 2 is 1.72 bits per heavy atom. The smallest absolute Gasteiger partial charge is 0.0725 e. The number of rotatable bonds is 1. The molecule has 0 fully saturated rings. The molecule has 0 aliphatic carbocycles. The largest absolute Gasteiger partial charge is 0.248 e. The van der Waals surface area contributed by atoms with Crippen molar-refractivity contribution in [2.75, 3.05) is 0 Å². The lowest BCUT2D eigenvalue weighted by Gasteiger charge is -2.06. The molecule has 0 N–H and O–H groups in total. The minimum atomic E-state index is 0.722. The van der Waals surface area contributed by atoms with E-state index in [4.69, 9.17) is 11.6 Å². The van der Waals surface area contributed by atoms with Crippen LogP contribution in [0.25, 0.3) is 22.2 Å². The Hall–Kier alpha value is -1.38. The van der Waals surface area contributed by atoms with Crippen LogP contribution >= 0.6 is 27.5 Å². The molecule has 1 aromatic heterocycles. The summed E-state index contributed by atoms with van der Waals surface area (Å²) in [7, 11) is 0. The van der Waals surface area contributed by atoms with E-state index in [9.17, 15) is 0 Å². The first-order chi connectivity index (χ1) is 8.74. The molecule has 0 unspecified atom stereocenters. The predicted molar refractivity (Wildman–Crippen MR) is 79.9 cm³/mol. The van der Waals surface area contributed by atoms with Gasteiger partial charge in [-0.15, -0.1) is 0 Å². The highest BCUT2D eigenvalue weighted by atomic mass is 79.9. The Morgan fingerprint density at radius 3 is 2.50 bits per heavy atom. The van der Waals surface area contributed by atoms with E-state index in [1.165, 1.54) is 0 Å². The molecule has 1 nitrogen and oxygen atoms in total. The number of fused-ring (bicyclic) bond motifs is 1. The molecule has 0 aliphatic heterocycles. The van der Waals surface area contributed by atoms with E-state index in [1.807, 2.05) is 54.6 Å². The third-order valence-electron chi connectivity index (χ3n) is 2.79. The van der Waals surface area contributed by atoms with Crippen molar-refractivity contribution in [1.29, 1.82) is 0 Å². The lowest BCUT2D eigenvalue weighted by atomic mass is 10.1. The average molecular weight is 319 g/mol. The Labute approximate surface area is 119 Å². The fourth-order valence-corrected chi connectivity index (χ4v) is 2.53. The minimum absolute atomic E-state index is 0.722. The molecule has 3 heteroatoms. The molecule has 0 saturated heterocycles. The summed E-state index contributed by atoms with van der Waals surface area (Å²) >= 11 is 9.77. The second-order valence-corrected chi connectivity index (χ2v) is 5.34. The second-order valence-electron chi connectivity index (χ2n) is 4.02. The van der Waals surface area contributed by atoms with Crippen molar-refractivity contribution >= 4 is 38.4 Å². The van der Waals surface area contributed by atoms with Crippen LogP contribution in [-0.4, -0.2) is 4.98 Å². The molecule has 2 aromatic carbocycles. The highest BCUT2D eigenvalue weighted by Gasteiger charge is 2.06. The fraction of sp³-hybridized carbons (Fsp3) is 0. The molecule has 3 aromatic rings. The number of pyridine rings is 1. The van der Waals surface area contributed by atoms with Gasteiger partial charge in [0.15, 0.2) is 0 Å². The van der Waals surface area contributed by atoms with Crippen LogP contribution in [0.3, 0.4) is 0 Å². The molecule has 0 saturated carbocycles. The van der Waals surface area contributed by atoms with Crippen molar-refractivity contribution in [2.24, 2.45) is 0 Å². The average Bonchev–Trinajstić information content (AvgIpc) is 2.40. The molecule has 3 rings (SSSR count). The van der Waals surface area contributed by atoms with Gasteiger partial charge in [0.05, 0.1) is 16.2 Å². The monoisotopic (exact) mass is 317 g/mol. The van der Waals surface area contributed by atoms with Gasteiger partial charge in [0, 0.05) is 15.4 Å². The van der Waals surface area contributed by atoms with Crippen molar-refractivity contribution in [2.45, 2.75) is 0 Å². The van der Waals surface area contributed by atoms with Gasteiger partial charge in [-0.1, -0.05) is 57.9 Å². The van der Waals surface area contributed by atoms with Crippen molar-refractivity contribution < 1.29 is 0 Å². The molecule has 0 bridgehead atoms. The molecule has 0 spiro atoms. The van der Waals surface area contributed by atoms with Crippen molar-refractivity contribution in [3.8, 4) is 11.3 Å². The van der Waals surface area contributed by atoms with Gasteiger partial charge in [-0.25, -0.2) is 4.98 Å². The van der Waals surface area contributed by atoms with Crippen molar-refractivity contribution in [3.05, 3.63) is 64.1 Å². The van der Waals surface area contributed by atoms with E-state index in [-0.39, 0.29) is 0 Å². The Morgan fingerprint density at radius 1 is 0.944 bits per heavy atom. The lowest BCUT2D eigenvalue weighted by Crippen LogP contribution is -1.86. The molecule has 0 atom stereocenters. The van der Waals surface area contributed by atoms with E-state index in [1.54, 1.807) is 0 Å². The van der Waals surface area contributed by atoms with Crippen LogP contribution in [0.2, 0.25) is 5.02 Å². The summed E-state index contributed by atoms with van der Waals surface area (Å²) in [5.41, 5.74) is 2.88. The van der Waals surface area contributed by atoms with Crippen LogP contribution < -0.4 is 0 Å². The summed E-state index contributed by atoms with van der Waals surface area (Å²) in [6.45, 7) is 0. The molecule has 88 valence electrons. The van der Waals surface area contributed by atoms with Gasteiger partial charge in [-0.2, -0.15) is 0 Å². The number of hydrogen-bond acceptors (Lipinski definition) is 1. The molecule has 1 heterocycles. The summed E-state index contributed by atoms with van der Waals surface area (Å²) in [6.07, 6.45) is 0. The Balaban J connectivity index is 2.25. The summed E-state index contributed by atoms with van der Waals surface area (Å²) in [5, 5.41) is 1.69. The highest BCUT2D eigenvalue weighted by Crippen LogP contribution is 2.29. The summed E-state index contributed by atoms with van der Waals surface area (Å²) in [5.74, 6) is 0. The van der Waals surface area contributed by atoms with Crippen LogP contribution in [0.15, 0.2) is 59.1 Å². The van der Waals surface area contributed by atoms with Gasteiger partial charge in [0.1, 0.15) is 0 Å². The van der Waals surface area contributed by atoms with Crippen LogP contribution in [0.1, 0.15) is 0 Å². The lowest BCUT2D eigenvalue weighted by molar-refractivity contribution is 1.40. The first-order valence-electron chi connectivity index (χ1n) is 5.55. The van der Waals surface area contributed by atoms with Crippen molar-refractivity contribution in [1.82, 2.24) is 4.98 Å². The number of benzene rings is 2. The number of nitrogens with zero attached hydrogens (tertiary/aromatic N) is 1. The zero-order chi connectivity index (χ0) is 12.5. The Kier molecular flexibility index (Phi) is 3.06. The molecular formula is C15H9BrClN. The van der Waals surface area contributed by atoms with Gasteiger partial charge >= 0.3 is 0 Å². The normalized spacial score (nSPS) is 10.8. The molecular weight excluding hydrogens is 310 g/mol. The maximum atomic E-state index is 6.32. The Bertz CT molecular complexity index is 710. The van der Waals surface area contributed by atoms with Crippen LogP contribution in [0, 0.1) is 0 Å². The van der Waals surface area contributed by atoms with E-state index in [0.717, 1.165) is 31.7 Å². The van der Waals surface area contributed by atoms with Gasteiger partial charge < -0.3 is 0 Å². The maximum Gasteiger partial charge on any atom is 0.0725 e. The molecule has 0 radical (unpaired) electrons. The third-order valence-corrected chi connectivity index (χ3v) is 3.60. The number of hydrogen-bond donors (Lipinski definition) is 0. The van der Waals surface area contributed by atoms with E-state index >= 15 is 0 Å². The van der Waals surface area contributed by atoms with Gasteiger partial charge in [0.2, 0.25) is 0 Å². The standard InChI is InChI=1S/C15H9BrClN/c16-11-6-7-14-12(8-11)13(17)9-15(18-14)10-4-2-1-3-5-10/h1-9H. The number of aromatic nitrogens is 1. The summed E-state index contributed by atoms with van der Waals surface area (Å²) < 4.78 is 1.01. The minimum Gasteiger partial charge on any atom is -0.248 e. The zero-order valence-electron chi connectivity index (χ0n) is 9.40. The maximum absolute atomic E-state index is 6.32. The fourth-order valence-electron chi connectivity index (χ4n) is 1.91. The summed E-state index contributed by atoms with van der Waals surface area (Å²) in [6, 6.07) is 17.9.